The van der Waals surface area contributed by atoms with Gasteiger partial charge in [0, 0.05) is 5.56 Å². The maximum atomic E-state index is 11.9. The molecule has 1 unspecified atom stereocenters. The minimum atomic E-state index is -0.747. The lowest BCUT2D eigenvalue weighted by atomic mass is 9.91. The standard InChI is InChI=1S/C22H22N2O3S/c25-22(26)18(9-13-1-2-13)16-5-7-17(21(11-16)27-12-14-3-4-14)15-6-8-19-20(10-15)24-28-23-19/h5-8,10-11,13-14,18H,1-4,9,12H2,(H,25,26). The fourth-order valence-electron chi connectivity index (χ4n) is 3.62. The van der Waals surface area contributed by atoms with Crippen LogP contribution in [-0.4, -0.2) is 26.4 Å². The second-order valence-electron chi connectivity index (χ2n) is 8.05. The second-order valence-corrected chi connectivity index (χ2v) is 8.58. The average Bonchev–Trinajstić information content (AvgIpc) is 3.62. The first-order valence-corrected chi connectivity index (χ1v) is 10.6. The third-order valence-corrected chi connectivity index (χ3v) is 6.27. The first-order valence-electron chi connectivity index (χ1n) is 9.89. The van der Waals surface area contributed by atoms with Gasteiger partial charge in [0.05, 0.1) is 24.3 Å². The molecule has 1 aromatic heterocycles. The molecule has 2 aliphatic rings. The lowest BCUT2D eigenvalue weighted by Gasteiger charge is -2.17. The van der Waals surface area contributed by atoms with Gasteiger partial charge >= 0.3 is 5.97 Å². The van der Waals surface area contributed by atoms with E-state index >= 15 is 0 Å². The summed E-state index contributed by atoms with van der Waals surface area (Å²) in [6.45, 7) is 0.692. The zero-order valence-electron chi connectivity index (χ0n) is 15.5. The van der Waals surface area contributed by atoms with Crippen LogP contribution < -0.4 is 4.74 Å². The number of hydrogen-bond donors (Lipinski definition) is 1. The van der Waals surface area contributed by atoms with Crippen LogP contribution in [-0.2, 0) is 4.79 Å². The van der Waals surface area contributed by atoms with Gasteiger partial charge in [-0.15, -0.1) is 0 Å². The molecule has 6 heteroatoms. The van der Waals surface area contributed by atoms with Crippen molar-refractivity contribution in [1.82, 2.24) is 8.75 Å². The van der Waals surface area contributed by atoms with E-state index in [0.717, 1.165) is 46.3 Å². The summed E-state index contributed by atoms with van der Waals surface area (Å²) in [6.07, 6.45) is 5.44. The van der Waals surface area contributed by atoms with Crippen LogP contribution in [0.25, 0.3) is 22.2 Å². The minimum Gasteiger partial charge on any atom is -0.493 e. The predicted molar refractivity (Wildman–Crippen MR) is 109 cm³/mol. The summed E-state index contributed by atoms with van der Waals surface area (Å²) in [5, 5.41) is 9.75. The van der Waals surface area contributed by atoms with Gasteiger partial charge in [-0.1, -0.05) is 31.0 Å². The number of ether oxygens (including phenoxy) is 1. The molecule has 1 heterocycles. The SMILES string of the molecule is O=C(O)C(CC1CC1)c1ccc(-c2ccc3nsnc3c2)c(OCC2CC2)c1. The zero-order chi connectivity index (χ0) is 19.1. The Morgan fingerprint density at radius 1 is 1.07 bits per heavy atom. The van der Waals surface area contributed by atoms with Crippen molar-refractivity contribution in [2.24, 2.45) is 11.8 Å². The number of hydrogen-bond acceptors (Lipinski definition) is 5. The van der Waals surface area contributed by atoms with Crippen LogP contribution in [0.1, 0.15) is 43.6 Å². The van der Waals surface area contributed by atoms with Gasteiger partial charge in [0.1, 0.15) is 16.8 Å². The first-order chi connectivity index (χ1) is 13.7. The number of aromatic nitrogens is 2. The fraction of sp³-hybridized carbons (Fsp3) is 0.409. The van der Waals surface area contributed by atoms with Crippen molar-refractivity contribution in [3.63, 3.8) is 0 Å². The molecule has 0 saturated heterocycles. The van der Waals surface area contributed by atoms with Crippen LogP contribution >= 0.6 is 11.7 Å². The molecule has 28 heavy (non-hydrogen) atoms. The smallest absolute Gasteiger partial charge is 0.310 e. The quantitative estimate of drug-likeness (QED) is 0.574. The van der Waals surface area contributed by atoms with E-state index in [1.54, 1.807) is 0 Å². The predicted octanol–water partition coefficient (Wildman–Crippen LogP) is 5.12. The van der Waals surface area contributed by atoms with E-state index in [1.807, 2.05) is 36.4 Å². The van der Waals surface area contributed by atoms with E-state index in [0.29, 0.717) is 24.9 Å². The summed E-state index contributed by atoms with van der Waals surface area (Å²) in [7, 11) is 0. The van der Waals surface area contributed by atoms with Crippen LogP contribution in [0.15, 0.2) is 36.4 Å². The van der Waals surface area contributed by atoms with Gasteiger partial charge in [0.15, 0.2) is 0 Å². The molecular formula is C22H22N2O3S. The highest BCUT2D eigenvalue weighted by atomic mass is 32.1. The number of aliphatic carboxylic acids is 1. The monoisotopic (exact) mass is 394 g/mol. The van der Waals surface area contributed by atoms with Crippen LogP contribution in [0.4, 0.5) is 0 Å². The van der Waals surface area contributed by atoms with Crippen molar-refractivity contribution >= 4 is 28.7 Å². The van der Waals surface area contributed by atoms with Crippen molar-refractivity contribution in [3.05, 3.63) is 42.0 Å². The molecule has 5 rings (SSSR count). The molecule has 3 aromatic rings. The van der Waals surface area contributed by atoms with Gasteiger partial charge in [-0.2, -0.15) is 8.75 Å². The number of benzene rings is 2. The van der Waals surface area contributed by atoms with Crippen LogP contribution in [0, 0.1) is 11.8 Å². The largest absolute Gasteiger partial charge is 0.493 e. The number of rotatable bonds is 8. The van der Waals surface area contributed by atoms with Crippen molar-refractivity contribution in [1.29, 1.82) is 0 Å². The molecule has 1 N–H and O–H groups in total. The Hall–Kier alpha value is -2.47. The van der Waals surface area contributed by atoms with E-state index in [4.69, 9.17) is 4.74 Å². The molecule has 2 aromatic carbocycles. The Kier molecular flexibility index (Phi) is 4.51. The van der Waals surface area contributed by atoms with Crippen molar-refractivity contribution in [2.75, 3.05) is 6.61 Å². The summed E-state index contributed by atoms with van der Waals surface area (Å²) in [6, 6.07) is 11.9. The first kappa shape index (κ1) is 17.6. The maximum absolute atomic E-state index is 11.9. The number of carboxylic acid groups (broad SMARTS) is 1. The molecule has 2 fully saturated rings. The normalized spacial score (nSPS) is 17.6. The molecule has 0 amide bonds. The summed E-state index contributed by atoms with van der Waals surface area (Å²) in [4.78, 5) is 11.9. The highest BCUT2D eigenvalue weighted by molar-refractivity contribution is 7.00. The highest BCUT2D eigenvalue weighted by Gasteiger charge is 2.31. The highest BCUT2D eigenvalue weighted by Crippen LogP contribution is 2.41. The number of fused-ring (bicyclic) bond motifs is 1. The number of carbonyl (C=O) groups is 1. The van der Waals surface area contributed by atoms with Crippen LogP contribution in [0.5, 0.6) is 5.75 Å². The number of nitrogens with zero attached hydrogens (tertiary/aromatic N) is 2. The average molecular weight is 394 g/mol. The molecule has 0 spiro atoms. The minimum absolute atomic E-state index is 0.463. The van der Waals surface area contributed by atoms with Gasteiger partial charge < -0.3 is 9.84 Å². The summed E-state index contributed by atoms with van der Waals surface area (Å²) < 4.78 is 14.8. The van der Waals surface area contributed by atoms with Crippen molar-refractivity contribution in [2.45, 2.75) is 38.0 Å². The molecule has 5 nitrogen and oxygen atoms in total. The molecule has 2 aliphatic carbocycles. The third kappa shape index (κ3) is 3.74. The Morgan fingerprint density at radius 3 is 2.61 bits per heavy atom. The second kappa shape index (κ2) is 7.17. The molecule has 1 atom stereocenters. The van der Waals surface area contributed by atoms with Crippen LogP contribution in [0.3, 0.4) is 0 Å². The van der Waals surface area contributed by atoms with E-state index in [9.17, 15) is 9.90 Å². The third-order valence-electron chi connectivity index (χ3n) is 5.71. The van der Waals surface area contributed by atoms with Gasteiger partial charge in [0.25, 0.3) is 0 Å². The van der Waals surface area contributed by atoms with Gasteiger partial charge in [-0.25, -0.2) is 0 Å². The summed E-state index contributed by atoms with van der Waals surface area (Å²) in [5.41, 5.74) is 4.60. The maximum Gasteiger partial charge on any atom is 0.310 e. The molecule has 2 saturated carbocycles. The van der Waals surface area contributed by atoms with Gasteiger partial charge in [-0.3, -0.25) is 4.79 Å². The molecule has 0 bridgehead atoms. The fourth-order valence-corrected chi connectivity index (χ4v) is 4.14. The van der Waals surface area contributed by atoms with Crippen molar-refractivity contribution < 1.29 is 14.6 Å². The van der Waals surface area contributed by atoms with Gasteiger partial charge in [-0.05, 0) is 60.4 Å². The Labute approximate surface area is 167 Å². The zero-order valence-corrected chi connectivity index (χ0v) is 16.3. The van der Waals surface area contributed by atoms with E-state index in [-0.39, 0.29) is 0 Å². The Balaban J connectivity index is 1.51. The molecular weight excluding hydrogens is 372 g/mol. The van der Waals surface area contributed by atoms with Crippen molar-refractivity contribution in [3.8, 4) is 16.9 Å². The lowest BCUT2D eigenvalue weighted by Crippen LogP contribution is -2.13. The topological polar surface area (TPSA) is 72.3 Å². The molecule has 0 aliphatic heterocycles. The number of carboxylic acids is 1. The van der Waals surface area contributed by atoms with Gasteiger partial charge in [0.2, 0.25) is 0 Å². The molecule has 0 radical (unpaired) electrons. The Morgan fingerprint density at radius 2 is 1.86 bits per heavy atom. The lowest BCUT2D eigenvalue weighted by molar-refractivity contribution is -0.139. The van der Waals surface area contributed by atoms with E-state index in [1.165, 1.54) is 24.6 Å². The summed E-state index contributed by atoms with van der Waals surface area (Å²) in [5.74, 6) is 0.742. The summed E-state index contributed by atoms with van der Waals surface area (Å²) >= 11 is 1.21. The van der Waals surface area contributed by atoms with E-state index < -0.39 is 11.9 Å². The molecule has 144 valence electrons. The van der Waals surface area contributed by atoms with Crippen LogP contribution in [0.2, 0.25) is 0 Å². The van der Waals surface area contributed by atoms with E-state index in [2.05, 4.69) is 8.75 Å². The Bertz CT molecular complexity index is 1020.